The van der Waals surface area contributed by atoms with Crippen molar-refractivity contribution in [3.8, 4) is 0 Å². The summed E-state index contributed by atoms with van der Waals surface area (Å²) in [7, 11) is 0. The first kappa shape index (κ1) is 18.1. The molecule has 3 nitrogen and oxygen atoms in total. The lowest BCUT2D eigenvalue weighted by Crippen LogP contribution is -2.15. The molecule has 3 aromatic carbocycles. The predicted octanol–water partition coefficient (Wildman–Crippen LogP) is 5.70. The molecule has 6 rings (SSSR count). The number of benzene rings is 3. The monoisotopic (exact) mass is 402 g/mol. The number of rotatable bonds is 4. The summed E-state index contributed by atoms with van der Waals surface area (Å²) in [6, 6.07) is 35.8. The molecule has 2 heterocycles. The molecule has 0 saturated heterocycles. The highest BCUT2D eigenvalue weighted by Gasteiger charge is 2.39. The molecule has 2 atom stereocenters. The van der Waals surface area contributed by atoms with Gasteiger partial charge in [0, 0.05) is 6.42 Å². The van der Waals surface area contributed by atoms with Gasteiger partial charge in [-0.1, -0.05) is 91.0 Å². The smallest absolute Gasteiger partial charge is 0.236 e. The van der Waals surface area contributed by atoms with Crippen LogP contribution in [0.4, 0.5) is 0 Å². The van der Waals surface area contributed by atoms with E-state index in [2.05, 4.69) is 84.9 Å². The fourth-order valence-corrected chi connectivity index (χ4v) is 4.78. The summed E-state index contributed by atoms with van der Waals surface area (Å²) in [6.07, 6.45) is 0.987. The topological polar surface area (TPSA) is 34.5 Å². The Morgan fingerprint density at radius 2 is 1.39 bits per heavy atom. The van der Waals surface area contributed by atoms with Crippen molar-refractivity contribution in [3.05, 3.63) is 137 Å². The molecule has 31 heavy (non-hydrogen) atoms. The Bertz CT molecular complexity index is 1210. The zero-order valence-corrected chi connectivity index (χ0v) is 17.1. The first-order valence-electron chi connectivity index (χ1n) is 10.8. The van der Waals surface area contributed by atoms with Crippen LogP contribution in [0, 0.1) is 0 Å². The van der Waals surface area contributed by atoms with E-state index in [1.807, 2.05) is 18.2 Å². The van der Waals surface area contributed by atoms with Crippen LogP contribution in [0.3, 0.4) is 0 Å². The Morgan fingerprint density at radius 3 is 2.13 bits per heavy atom. The Labute approximate surface area is 182 Å². The van der Waals surface area contributed by atoms with Crippen molar-refractivity contribution in [1.29, 1.82) is 0 Å². The van der Waals surface area contributed by atoms with Gasteiger partial charge in [-0.25, -0.2) is 9.98 Å². The van der Waals surface area contributed by atoms with Crippen molar-refractivity contribution in [1.82, 2.24) is 4.98 Å². The highest BCUT2D eigenvalue weighted by atomic mass is 16.5. The first-order chi connectivity index (χ1) is 15.4. The van der Waals surface area contributed by atoms with Gasteiger partial charge in [-0.3, -0.25) is 0 Å². The summed E-state index contributed by atoms with van der Waals surface area (Å²) < 4.78 is 6.29. The van der Waals surface area contributed by atoms with Crippen LogP contribution in [0.5, 0.6) is 0 Å². The molecule has 0 unspecified atom stereocenters. The van der Waals surface area contributed by atoms with Crippen LogP contribution < -0.4 is 0 Å². The molecule has 150 valence electrons. The maximum Gasteiger partial charge on any atom is 0.236 e. The quantitative estimate of drug-likeness (QED) is 0.438. The highest BCUT2D eigenvalue weighted by molar-refractivity contribution is 5.94. The lowest BCUT2D eigenvalue weighted by molar-refractivity contribution is 0.206. The van der Waals surface area contributed by atoms with Gasteiger partial charge in [0.2, 0.25) is 5.90 Å². The third kappa shape index (κ3) is 3.23. The summed E-state index contributed by atoms with van der Waals surface area (Å²) in [6.45, 7) is 0. The standard InChI is InChI=1S/C28H22N2O/c1-3-10-19(11-4-1)26(20-12-5-2-6-13-20)23-16-9-17-24(29-23)28-30-27-22-15-8-7-14-21(22)18-25(27)31-28/h1-17,25-27H,18H2/t25-,27+/m0/s1. The minimum Gasteiger partial charge on any atom is -0.470 e. The van der Waals surface area contributed by atoms with Crippen molar-refractivity contribution >= 4 is 5.90 Å². The number of fused-ring (bicyclic) bond motifs is 3. The lowest BCUT2D eigenvalue weighted by Gasteiger charge is -2.18. The molecule has 4 aromatic rings. The van der Waals surface area contributed by atoms with Crippen molar-refractivity contribution in [2.24, 2.45) is 4.99 Å². The maximum absolute atomic E-state index is 6.29. The minimum atomic E-state index is 0.0598. The minimum absolute atomic E-state index is 0.0598. The molecule has 1 aromatic heterocycles. The van der Waals surface area contributed by atoms with Gasteiger partial charge < -0.3 is 4.74 Å². The van der Waals surface area contributed by atoms with E-state index in [0.29, 0.717) is 5.90 Å². The van der Waals surface area contributed by atoms with Crippen LogP contribution in [0.15, 0.2) is 108 Å². The molecule has 0 amide bonds. The molecule has 3 heteroatoms. The highest BCUT2D eigenvalue weighted by Crippen LogP contribution is 2.40. The van der Waals surface area contributed by atoms with Gasteiger partial charge in [0.15, 0.2) is 0 Å². The molecule has 1 aliphatic carbocycles. The lowest BCUT2D eigenvalue weighted by atomic mass is 9.88. The molecule has 0 bridgehead atoms. The van der Waals surface area contributed by atoms with Crippen molar-refractivity contribution < 1.29 is 4.74 Å². The summed E-state index contributed by atoms with van der Waals surface area (Å²) >= 11 is 0. The van der Waals surface area contributed by atoms with E-state index >= 15 is 0 Å². The van der Waals surface area contributed by atoms with E-state index in [0.717, 1.165) is 17.8 Å². The third-order valence-electron chi connectivity index (χ3n) is 6.22. The Balaban J connectivity index is 1.39. The number of pyridine rings is 1. The fourth-order valence-electron chi connectivity index (χ4n) is 4.78. The zero-order valence-electron chi connectivity index (χ0n) is 17.1. The fraction of sp³-hybridized carbons (Fsp3) is 0.143. The molecule has 1 aliphatic heterocycles. The number of hydrogen-bond donors (Lipinski definition) is 0. The summed E-state index contributed by atoms with van der Waals surface area (Å²) in [5.74, 6) is 0.718. The first-order valence-corrected chi connectivity index (χ1v) is 10.8. The van der Waals surface area contributed by atoms with Gasteiger partial charge >= 0.3 is 0 Å². The van der Waals surface area contributed by atoms with E-state index in [1.54, 1.807) is 0 Å². The normalized spacial score (nSPS) is 18.9. The van der Waals surface area contributed by atoms with Crippen LogP contribution >= 0.6 is 0 Å². The van der Waals surface area contributed by atoms with Crippen LogP contribution in [-0.4, -0.2) is 17.0 Å². The van der Waals surface area contributed by atoms with Crippen LogP contribution in [-0.2, 0) is 11.2 Å². The Morgan fingerprint density at radius 1 is 0.710 bits per heavy atom. The summed E-state index contributed by atoms with van der Waals surface area (Å²) in [5, 5.41) is 0. The molecule has 0 N–H and O–H groups in total. The second-order valence-corrected chi connectivity index (χ2v) is 8.14. The average Bonchev–Trinajstić information content (AvgIpc) is 3.39. The van der Waals surface area contributed by atoms with Crippen LogP contribution in [0.1, 0.15) is 45.6 Å². The molecular weight excluding hydrogens is 380 g/mol. The number of aromatic nitrogens is 1. The molecule has 0 fully saturated rings. The van der Waals surface area contributed by atoms with Gasteiger partial charge in [0.1, 0.15) is 17.8 Å². The average molecular weight is 402 g/mol. The second-order valence-electron chi connectivity index (χ2n) is 8.14. The van der Waals surface area contributed by atoms with E-state index in [4.69, 9.17) is 14.7 Å². The number of hydrogen-bond acceptors (Lipinski definition) is 3. The molecule has 0 saturated carbocycles. The molecule has 0 radical (unpaired) electrons. The SMILES string of the molecule is c1ccc(C(c2ccccc2)c2cccc(C3=N[C@@H]4c5ccccc5C[C@@H]4O3)n2)cc1. The second kappa shape index (κ2) is 7.51. The maximum atomic E-state index is 6.29. The summed E-state index contributed by atoms with van der Waals surface area (Å²) in [4.78, 5) is 9.97. The number of ether oxygens (including phenoxy) is 1. The Hall–Kier alpha value is -3.72. The third-order valence-corrected chi connectivity index (χ3v) is 6.22. The van der Waals surface area contributed by atoms with E-state index in [-0.39, 0.29) is 18.1 Å². The van der Waals surface area contributed by atoms with Gasteiger partial charge in [0.05, 0.1) is 11.6 Å². The van der Waals surface area contributed by atoms with E-state index in [1.165, 1.54) is 22.3 Å². The van der Waals surface area contributed by atoms with Crippen LogP contribution in [0.2, 0.25) is 0 Å². The van der Waals surface area contributed by atoms with E-state index in [9.17, 15) is 0 Å². The number of aliphatic imine (C=N–C) groups is 1. The summed E-state index contributed by atoms with van der Waals surface area (Å²) in [5.41, 5.74) is 6.87. The van der Waals surface area contributed by atoms with Crippen LogP contribution in [0.25, 0.3) is 0 Å². The molecular formula is C28H22N2O. The van der Waals surface area contributed by atoms with Crippen molar-refractivity contribution in [2.45, 2.75) is 24.5 Å². The van der Waals surface area contributed by atoms with E-state index < -0.39 is 0 Å². The zero-order chi connectivity index (χ0) is 20.6. The number of nitrogens with zero attached hydrogens (tertiary/aromatic N) is 2. The van der Waals surface area contributed by atoms with Crippen molar-refractivity contribution in [2.75, 3.05) is 0 Å². The van der Waals surface area contributed by atoms with Crippen molar-refractivity contribution in [3.63, 3.8) is 0 Å². The van der Waals surface area contributed by atoms with Gasteiger partial charge in [0.25, 0.3) is 0 Å². The van der Waals surface area contributed by atoms with Gasteiger partial charge in [-0.05, 0) is 34.4 Å². The largest absolute Gasteiger partial charge is 0.470 e. The predicted molar refractivity (Wildman–Crippen MR) is 122 cm³/mol. The van der Waals surface area contributed by atoms with Gasteiger partial charge in [-0.15, -0.1) is 0 Å². The van der Waals surface area contributed by atoms with Gasteiger partial charge in [-0.2, -0.15) is 0 Å². The molecule has 2 aliphatic rings. The molecule has 0 spiro atoms. The Kier molecular flexibility index (Phi) is 4.38.